The van der Waals surface area contributed by atoms with Gasteiger partial charge in [0, 0.05) is 23.6 Å². The first-order valence-electron chi connectivity index (χ1n) is 9.70. The number of carbonyl (C=O) groups is 1. The average molecular weight is 442 g/mol. The van der Waals surface area contributed by atoms with E-state index in [2.05, 4.69) is 36.0 Å². The first-order valence-corrected chi connectivity index (χ1v) is 10.5. The molecule has 6 nitrogen and oxygen atoms in total. The van der Waals surface area contributed by atoms with Crippen molar-refractivity contribution in [3.05, 3.63) is 46.6 Å². The molecule has 28 heavy (non-hydrogen) atoms. The van der Waals surface area contributed by atoms with Crippen LogP contribution in [0.3, 0.4) is 0 Å². The Balaban J connectivity index is 1.57. The fraction of sp³-hybridized carbons (Fsp3) is 0.381. The number of fused-ring (bicyclic) bond motifs is 1. The first-order chi connectivity index (χ1) is 13.6. The zero-order valence-corrected chi connectivity index (χ0v) is 17.6. The Morgan fingerprint density at radius 3 is 2.86 bits per heavy atom. The number of rotatable bonds is 6. The Hall–Kier alpha value is -2.25. The molecule has 4 rings (SSSR count). The molecule has 146 valence electrons. The maximum atomic E-state index is 13.2. The minimum atomic E-state index is 0.00326. The van der Waals surface area contributed by atoms with Gasteiger partial charge in [0.1, 0.15) is 0 Å². The van der Waals surface area contributed by atoms with Crippen LogP contribution in [0.1, 0.15) is 29.6 Å². The maximum Gasteiger partial charge on any atom is 0.254 e. The van der Waals surface area contributed by atoms with Gasteiger partial charge in [-0.25, -0.2) is 4.98 Å². The molecule has 3 heterocycles. The average Bonchev–Trinajstić information content (AvgIpc) is 3.38. The van der Waals surface area contributed by atoms with Crippen molar-refractivity contribution in [3.63, 3.8) is 0 Å². The number of carbonyl (C=O) groups excluding carboxylic acids is 1. The number of halogens is 1. The fourth-order valence-corrected chi connectivity index (χ4v) is 4.25. The molecule has 7 heteroatoms. The lowest BCUT2D eigenvalue weighted by molar-refractivity contribution is 0.0791. The van der Waals surface area contributed by atoms with Crippen LogP contribution in [-0.2, 0) is 0 Å². The normalized spacial score (nSPS) is 14.6. The SMILES string of the molecule is CN(CCCN1CCCC1)C(=O)c1cc(-c2ccccc2Br)nc2[nH]ncc12. The van der Waals surface area contributed by atoms with Crippen LogP contribution in [0.15, 0.2) is 41.0 Å². The molecule has 0 saturated carbocycles. The van der Waals surface area contributed by atoms with E-state index in [0.717, 1.165) is 40.6 Å². The van der Waals surface area contributed by atoms with Gasteiger partial charge in [0.2, 0.25) is 0 Å². The highest BCUT2D eigenvalue weighted by atomic mass is 79.9. The smallest absolute Gasteiger partial charge is 0.254 e. The summed E-state index contributed by atoms with van der Waals surface area (Å²) >= 11 is 3.58. The van der Waals surface area contributed by atoms with Crippen LogP contribution in [0.2, 0.25) is 0 Å². The maximum absolute atomic E-state index is 13.2. The van der Waals surface area contributed by atoms with E-state index in [1.54, 1.807) is 6.20 Å². The highest BCUT2D eigenvalue weighted by molar-refractivity contribution is 9.10. The number of hydrogen-bond donors (Lipinski definition) is 1. The minimum absolute atomic E-state index is 0.00326. The van der Waals surface area contributed by atoms with Crippen molar-refractivity contribution in [1.29, 1.82) is 0 Å². The number of aromatic amines is 1. The number of nitrogens with zero attached hydrogens (tertiary/aromatic N) is 4. The standard InChI is InChI=1S/C21H24BrN5O/c1-26(9-6-12-27-10-4-5-11-27)21(28)16-13-19(15-7-2-3-8-18(15)22)24-20-17(16)14-23-25-20/h2-3,7-8,13-14H,4-6,9-12H2,1H3,(H,23,24,25). The summed E-state index contributed by atoms with van der Waals surface area (Å²) < 4.78 is 0.943. The second kappa shape index (κ2) is 8.41. The van der Waals surface area contributed by atoms with Crippen LogP contribution in [0.5, 0.6) is 0 Å². The Morgan fingerprint density at radius 2 is 2.07 bits per heavy atom. The molecule has 0 spiro atoms. The third kappa shape index (κ3) is 3.95. The van der Waals surface area contributed by atoms with Crippen LogP contribution < -0.4 is 0 Å². The molecule has 0 bridgehead atoms. The van der Waals surface area contributed by atoms with Crippen LogP contribution in [0.4, 0.5) is 0 Å². The molecule has 1 aliphatic rings. The molecule has 1 amide bonds. The fourth-order valence-electron chi connectivity index (χ4n) is 3.76. The number of benzene rings is 1. The van der Waals surface area contributed by atoms with E-state index in [9.17, 15) is 4.79 Å². The molecule has 1 fully saturated rings. The molecule has 1 N–H and O–H groups in total. The molecule has 3 aromatic rings. The van der Waals surface area contributed by atoms with Crippen molar-refractivity contribution < 1.29 is 4.79 Å². The van der Waals surface area contributed by atoms with Gasteiger partial charge in [-0.15, -0.1) is 0 Å². The molecule has 0 unspecified atom stereocenters. The number of aromatic nitrogens is 3. The summed E-state index contributed by atoms with van der Waals surface area (Å²) in [7, 11) is 1.87. The van der Waals surface area contributed by atoms with Crippen molar-refractivity contribution in [2.45, 2.75) is 19.3 Å². The zero-order chi connectivity index (χ0) is 19.5. The van der Waals surface area contributed by atoms with Gasteiger partial charge in [-0.2, -0.15) is 5.10 Å². The lowest BCUT2D eigenvalue weighted by Crippen LogP contribution is -2.31. The van der Waals surface area contributed by atoms with Crippen molar-refractivity contribution >= 4 is 32.9 Å². The predicted molar refractivity (Wildman–Crippen MR) is 114 cm³/mol. The molecule has 0 radical (unpaired) electrons. The number of H-pyrrole nitrogens is 1. The molecule has 1 aromatic carbocycles. The summed E-state index contributed by atoms with van der Waals surface area (Å²) in [5.74, 6) is 0.00326. The van der Waals surface area contributed by atoms with E-state index in [0.29, 0.717) is 11.2 Å². The number of amides is 1. The first kappa shape index (κ1) is 19.1. The topological polar surface area (TPSA) is 65.1 Å². The number of nitrogens with one attached hydrogen (secondary N) is 1. The van der Waals surface area contributed by atoms with Crippen molar-refractivity contribution in [2.24, 2.45) is 0 Å². The minimum Gasteiger partial charge on any atom is -0.342 e. The molecule has 0 aliphatic carbocycles. The van der Waals surface area contributed by atoms with E-state index >= 15 is 0 Å². The van der Waals surface area contributed by atoms with Gasteiger partial charge in [0.25, 0.3) is 5.91 Å². The van der Waals surface area contributed by atoms with E-state index in [1.165, 1.54) is 25.9 Å². The molecule has 0 atom stereocenters. The van der Waals surface area contributed by atoms with E-state index in [-0.39, 0.29) is 5.91 Å². The molecule has 1 saturated heterocycles. The molecular formula is C21H24BrN5O. The molecule has 2 aromatic heterocycles. The third-order valence-electron chi connectivity index (χ3n) is 5.32. The Kier molecular flexibility index (Phi) is 5.73. The van der Waals surface area contributed by atoms with Gasteiger partial charge in [-0.1, -0.05) is 34.1 Å². The second-order valence-corrected chi connectivity index (χ2v) is 8.15. The second-order valence-electron chi connectivity index (χ2n) is 7.30. The summed E-state index contributed by atoms with van der Waals surface area (Å²) in [4.78, 5) is 22.1. The van der Waals surface area contributed by atoms with Crippen LogP contribution >= 0.6 is 15.9 Å². The van der Waals surface area contributed by atoms with Gasteiger partial charge in [0.05, 0.1) is 22.8 Å². The summed E-state index contributed by atoms with van der Waals surface area (Å²) in [6, 6.07) is 9.76. The van der Waals surface area contributed by atoms with E-state index in [4.69, 9.17) is 0 Å². The molecule has 1 aliphatic heterocycles. The largest absolute Gasteiger partial charge is 0.342 e. The predicted octanol–water partition coefficient (Wildman–Crippen LogP) is 3.95. The highest BCUT2D eigenvalue weighted by Gasteiger charge is 2.19. The third-order valence-corrected chi connectivity index (χ3v) is 6.01. The van der Waals surface area contributed by atoms with Gasteiger partial charge in [-0.05, 0) is 51.0 Å². The lowest BCUT2D eigenvalue weighted by Gasteiger charge is -2.20. The number of hydrogen-bond acceptors (Lipinski definition) is 4. The van der Waals surface area contributed by atoms with E-state index in [1.807, 2.05) is 42.3 Å². The van der Waals surface area contributed by atoms with Crippen LogP contribution in [0.25, 0.3) is 22.3 Å². The van der Waals surface area contributed by atoms with Gasteiger partial charge >= 0.3 is 0 Å². The lowest BCUT2D eigenvalue weighted by atomic mass is 10.1. The number of likely N-dealkylation sites (tertiary alicyclic amines) is 1. The van der Waals surface area contributed by atoms with Crippen molar-refractivity contribution in [3.8, 4) is 11.3 Å². The van der Waals surface area contributed by atoms with E-state index < -0.39 is 0 Å². The highest BCUT2D eigenvalue weighted by Crippen LogP contribution is 2.29. The van der Waals surface area contributed by atoms with Crippen molar-refractivity contribution in [1.82, 2.24) is 25.0 Å². The van der Waals surface area contributed by atoms with Gasteiger partial charge in [0.15, 0.2) is 5.65 Å². The summed E-state index contributed by atoms with van der Waals surface area (Å²) in [5, 5.41) is 7.77. The summed E-state index contributed by atoms with van der Waals surface area (Å²) in [6.45, 7) is 4.17. The summed E-state index contributed by atoms with van der Waals surface area (Å²) in [5.41, 5.74) is 2.96. The Bertz CT molecular complexity index is 980. The van der Waals surface area contributed by atoms with Gasteiger partial charge in [-0.3, -0.25) is 9.89 Å². The Morgan fingerprint density at radius 1 is 1.29 bits per heavy atom. The summed E-state index contributed by atoms with van der Waals surface area (Å²) in [6.07, 6.45) is 5.25. The van der Waals surface area contributed by atoms with Crippen LogP contribution in [0, 0.1) is 0 Å². The number of pyridine rings is 1. The van der Waals surface area contributed by atoms with Crippen molar-refractivity contribution in [2.75, 3.05) is 33.2 Å². The molecular weight excluding hydrogens is 418 g/mol. The quantitative estimate of drug-likeness (QED) is 0.628. The van der Waals surface area contributed by atoms with Gasteiger partial charge < -0.3 is 9.80 Å². The van der Waals surface area contributed by atoms with Crippen LogP contribution in [-0.4, -0.2) is 64.1 Å². The zero-order valence-electron chi connectivity index (χ0n) is 16.0. The monoisotopic (exact) mass is 441 g/mol. The Labute approximate surface area is 173 Å².